The Morgan fingerprint density at radius 1 is 1.10 bits per heavy atom. The van der Waals surface area contributed by atoms with Crippen LogP contribution in [-0.2, 0) is 4.57 Å². The molecular formula is C6H14NaO2P. The fourth-order valence-corrected chi connectivity index (χ4v) is 1.79. The maximum absolute atomic E-state index is 11.1. The second-order valence-corrected chi connectivity index (χ2v) is 6.19. The Morgan fingerprint density at radius 2 is 1.30 bits per heavy atom. The van der Waals surface area contributed by atoms with Gasteiger partial charge in [0, 0.05) is 7.37 Å². The first-order valence-electron chi connectivity index (χ1n) is 3.19. The molecule has 0 aliphatic heterocycles. The van der Waals surface area contributed by atoms with Crippen LogP contribution in [0.3, 0.4) is 0 Å². The van der Waals surface area contributed by atoms with Gasteiger partial charge in [-0.05, 0) is 11.3 Å². The summed E-state index contributed by atoms with van der Waals surface area (Å²) in [4.78, 5) is 11.1. The predicted molar refractivity (Wildman–Crippen MR) is 37.9 cm³/mol. The van der Waals surface area contributed by atoms with E-state index >= 15 is 0 Å². The van der Waals surface area contributed by atoms with Crippen LogP contribution in [0.5, 0.6) is 0 Å². The molecule has 10 heavy (non-hydrogen) atoms. The summed E-state index contributed by atoms with van der Waals surface area (Å²) in [6, 6.07) is 0. The number of hydrogen-bond acceptors (Lipinski definition) is 2. The molecule has 0 N–H and O–H groups in total. The topological polar surface area (TPSA) is 40.1 Å². The minimum absolute atomic E-state index is 0. The van der Waals surface area contributed by atoms with Gasteiger partial charge in [-0.15, -0.1) is 0 Å². The average molecular weight is 172 g/mol. The smallest absolute Gasteiger partial charge is 0.799 e. The molecule has 0 radical (unpaired) electrons. The van der Waals surface area contributed by atoms with E-state index in [-0.39, 0.29) is 40.9 Å². The van der Waals surface area contributed by atoms with Crippen molar-refractivity contribution in [2.24, 2.45) is 0 Å². The van der Waals surface area contributed by atoms with E-state index < -0.39 is 7.37 Å². The van der Waals surface area contributed by atoms with Crippen LogP contribution in [0.25, 0.3) is 0 Å². The van der Waals surface area contributed by atoms with Gasteiger partial charge in [0.2, 0.25) is 0 Å². The summed E-state index contributed by atoms with van der Waals surface area (Å²) in [6.45, 7) is 6.86. The first-order chi connectivity index (χ1) is 3.89. The molecule has 0 aliphatic carbocycles. The van der Waals surface area contributed by atoms with Crippen molar-refractivity contribution >= 4 is 7.37 Å². The van der Waals surface area contributed by atoms with Crippen LogP contribution in [-0.4, -0.2) is 11.3 Å². The molecule has 0 rings (SSSR count). The molecule has 56 valence electrons. The number of rotatable bonds is 2. The van der Waals surface area contributed by atoms with Gasteiger partial charge in [-0.1, -0.05) is 27.7 Å². The molecule has 0 aromatic carbocycles. The molecule has 4 heteroatoms. The Bertz CT molecular complexity index is 122. The van der Waals surface area contributed by atoms with E-state index in [4.69, 9.17) is 0 Å². The van der Waals surface area contributed by atoms with Gasteiger partial charge < -0.3 is 9.46 Å². The van der Waals surface area contributed by atoms with Crippen molar-refractivity contribution in [3.8, 4) is 0 Å². The third-order valence-electron chi connectivity index (χ3n) is 1.44. The summed E-state index contributed by atoms with van der Waals surface area (Å²) in [6.07, 6.45) is 0. The van der Waals surface area contributed by atoms with E-state index in [0.29, 0.717) is 0 Å². The van der Waals surface area contributed by atoms with Gasteiger partial charge in [0.25, 0.3) is 0 Å². The Hall–Kier alpha value is 1.19. The average Bonchev–Trinajstić information content (AvgIpc) is 1.65. The molecule has 0 saturated carbocycles. The molecule has 0 atom stereocenters. The third kappa shape index (κ3) is 3.54. The van der Waals surface area contributed by atoms with Crippen molar-refractivity contribution < 1.29 is 39.0 Å². The van der Waals surface area contributed by atoms with Gasteiger partial charge >= 0.3 is 29.6 Å². The van der Waals surface area contributed by atoms with Crippen LogP contribution in [0, 0.1) is 0 Å². The summed E-state index contributed by atoms with van der Waals surface area (Å²) in [5.41, 5.74) is -0.421. The Labute approximate surface area is 85.1 Å². The molecule has 0 aliphatic rings. The molecule has 0 aromatic rings. The standard InChI is InChI=1S/C6H15O2P.Na/c1-5(2)9(7,8)6(3)4;/h5-6H,1-4H3,(H,7,8);/q;+1/p-1. The van der Waals surface area contributed by atoms with Gasteiger partial charge in [0.05, 0.1) is 0 Å². The molecule has 2 nitrogen and oxygen atoms in total. The van der Waals surface area contributed by atoms with Crippen molar-refractivity contribution in [1.29, 1.82) is 0 Å². The maximum atomic E-state index is 11.1. The second kappa shape index (κ2) is 4.95. The molecule has 0 spiro atoms. The van der Waals surface area contributed by atoms with Gasteiger partial charge in [-0.25, -0.2) is 0 Å². The van der Waals surface area contributed by atoms with Crippen molar-refractivity contribution in [3.05, 3.63) is 0 Å². The first kappa shape index (κ1) is 13.8. The van der Waals surface area contributed by atoms with Crippen LogP contribution < -0.4 is 34.5 Å². The normalized spacial score (nSPS) is 11.9. The zero-order chi connectivity index (χ0) is 7.65. The zero-order valence-electron chi connectivity index (χ0n) is 7.42. The number of hydrogen-bond donors (Lipinski definition) is 0. The molecule has 0 bridgehead atoms. The molecular weight excluding hydrogens is 158 g/mol. The van der Waals surface area contributed by atoms with E-state index in [1.807, 2.05) is 0 Å². The summed E-state index contributed by atoms with van der Waals surface area (Å²) >= 11 is 0. The molecule has 0 unspecified atom stereocenters. The monoisotopic (exact) mass is 172 g/mol. The minimum Gasteiger partial charge on any atom is -0.799 e. The van der Waals surface area contributed by atoms with Gasteiger partial charge in [0.15, 0.2) is 0 Å². The van der Waals surface area contributed by atoms with E-state index in [1.165, 1.54) is 0 Å². The van der Waals surface area contributed by atoms with Gasteiger partial charge in [0.1, 0.15) is 0 Å². The van der Waals surface area contributed by atoms with E-state index in [0.717, 1.165) is 0 Å². The zero-order valence-corrected chi connectivity index (χ0v) is 10.3. The van der Waals surface area contributed by atoms with Crippen LogP contribution in [0.4, 0.5) is 0 Å². The Kier molecular flexibility index (Phi) is 6.81. The fraction of sp³-hybridized carbons (Fsp3) is 1.00. The largest absolute Gasteiger partial charge is 1.00 e. The second-order valence-electron chi connectivity index (χ2n) is 2.83. The Balaban J connectivity index is 0. The van der Waals surface area contributed by atoms with Crippen molar-refractivity contribution in [3.63, 3.8) is 0 Å². The molecule has 0 amide bonds. The Morgan fingerprint density at radius 3 is 1.30 bits per heavy atom. The maximum Gasteiger partial charge on any atom is 1.00 e. The van der Waals surface area contributed by atoms with Gasteiger partial charge in [-0.2, -0.15) is 0 Å². The van der Waals surface area contributed by atoms with E-state index in [9.17, 15) is 9.46 Å². The summed E-state index contributed by atoms with van der Waals surface area (Å²) in [7, 11) is -3.09. The summed E-state index contributed by atoms with van der Waals surface area (Å²) in [5.74, 6) is 0. The van der Waals surface area contributed by atoms with Crippen molar-refractivity contribution in [2.45, 2.75) is 39.0 Å². The van der Waals surface area contributed by atoms with Crippen LogP contribution in [0.15, 0.2) is 0 Å². The van der Waals surface area contributed by atoms with Crippen LogP contribution in [0.2, 0.25) is 0 Å². The van der Waals surface area contributed by atoms with E-state index in [1.54, 1.807) is 27.7 Å². The fourth-order valence-electron chi connectivity index (χ4n) is 0.596. The molecule has 0 heterocycles. The van der Waals surface area contributed by atoms with E-state index in [2.05, 4.69) is 0 Å². The van der Waals surface area contributed by atoms with Crippen molar-refractivity contribution in [2.75, 3.05) is 0 Å². The van der Waals surface area contributed by atoms with Gasteiger partial charge in [-0.3, -0.25) is 0 Å². The van der Waals surface area contributed by atoms with Crippen LogP contribution in [0.1, 0.15) is 27.7 Å². The summed E-state index contributed by atoms with van der Waals surface area (Å²) in [5, 5.41) is 0. The van der Waals surface area contributed by atoms with Crippen molar-refractivity contribution in [1.82, 2.24) is 0 Å². The first-order valence-corrected chi connectivity index (χ1v) is 4.95. The summed E-state index contributed by atoms with van der Waals surface area (Å²) < 4.78 is 11.1. The molecule has 0 aromatic heterocycles. The van der Waals surface area contributed by atoms with Crippen LogP contribution >= 0.6 is 7.37 Å². The minimum atomic E-state index is -3.09. The molecule has 0 fully saturated rings. The third-order valence-corrected chi connectivity index (χ3v) is 4.32. The quantitative estimate of drug-likeness (QED) is 0.373. The molecule has 0 saturated heterocycles. The SMILES string of the molecule is CC(C)P(=O)([O-])C(C)C.[Na+]. The predicted octanol–water partition coefficient (Wildman–Crippen LogP) is -1.55.